The highest BCUT2D eigenvalue weighted by Crippen LogP contribution is 2.33. The van der Waals surface area contributed by atoms with Gasteiger partial charge in [-0.25, -0.2) is 4.39 Å². The summed E-state index contributed by atoms with van der Waals surface area (Å²) < 4.78 is 18.2. The summed E-state index contributed by atoms with van der Waals surface area (Å²) in [7, 11) is 0. The fraction of sp³-hybridized carbons (Fsp3) is 0.400. The van der Waals surface area contributed by atoms with Crippen molar-refractivity contribution in [2.75, 3.05) is 6.61 Å². The van der Waals surface area contributed by atoms with Crippen LogP contribution >= 0.6 is 0 Å². The van der Waals surface area contributed by atoms with Crippen LogP contribution in [0.5, 0.6) is 5.75 Å². The van der Waals surface area contributed by atoms with Gasteiger partial charge in [0.15, 0.2) is 0 Å². The van der Waals surface area contributed by atoms with Crippen LogP contribution in [-0.2, 0) is 0 Å². The normalized spacial score (nSPS) is 25.4. The van der Waals surface area contributed by atoms with Crippen LogP contribution in [0, 0.1) is 5.82 Å². The predicted octanol–water partition coefficient (Wildman–Crippen LogP) is 0.969. The molecule has 0 fully saturated rings. The topological polar surface area (TPSA) is 55.5 Å². The number of aliphatic hydroxyl groups is 1. The molecule has 4 heteroatoms. The molecule has 0 aliphatic carbocycles. The molecule has 0 radical (unpaired) electrons. The molecule has 1 aromatic carbocycles. The van der Waals surface area contributed by atoms with E-state index in [1.54, 1.807) is 6.07 Å². The van der Waals surface area contributed by atoms with Crippen molar-refractivity contribution < 1.29 is 14.2 Å². The zero-order valence-corrected chi connectivity index (χ0v) is 7.61. The van der Waals surface area contributed by atoms with E-state index < -0.39 is 0 Å². The van der Waals surface area contributed by atoms with Crippen LogP contribution in [0.15, 0.2) is 18.2 Å². The van der Waals surface area contributed by atoms with Crippen molar-refractivity contribution in [3.05, 3.63) is 29.6 Å². The summed E-state index contributed by atoms with van der Waals surface area (Å²) >= 11 is 0. The molecule has 1 aromatic rings. The summed E-state index contributed by atoms with van der Waals surface area (Å²) in [5.41, 5.74) is 6.65. The highest BCUT2D eigenvalue weighted by molar-refractivity contribution is 5.38. The van der Waals surface area contributed by atoms with Crippen molar-refractivity contribution in [3.8, 4) is 5.75 Å². The maximum atomic E-state index is 12.9. The van der Waals surface area contributed by atoms with Gasteiger partial charge in [0.25, 0.3) is 0 Å². The summed E-state index contributed by atoms with van der Waals surface area (Å²) in [5, 5.41) is 8.93. The van der Waals surface area contributed by atoms with E-state index in [0.717, 1.165) is 5.56 Å². The molecule has 14 heavy (non-hydrogen) atoms. The summed E-state index contributed by atoms with van der Waals surface area (Å²) in [6, 6.07) is 4.11. The van der Waals surface area contributed by atoms with Gasteiger partial charge in [-0.05, 0) is 6.07 Å². The molecule has 0 saturated carbocycles. The minimum absolute atomic E-state index is 0.0936. The Bertz CT molecular complexity index is 343. The number of rotatable bonds is 1. The van der Waals surface area contributed by atoms with Gasteiger partial charge in [-0.15, -0.1) is 0 Å². The quantitative estimate of drug-likeness (QED) is 0.705. The Hall–Kier alpha value is -1.13. The summed E-state index contributed by atoms with van der Waals surface area (Å²) in [4.78, 5) is 0. The number of fused-ring (bicyclic) bond motifs is 1. The van der Waals surface area contributed by atoms with Crippen molar-refractivity contribution in [1.29, 1.82) is 0 Å². The van der Waals surface area contributed by atoms with Crippen LogP contribution < -0.4 is 10.5 Å². The molecular weight excluding hydrogens is 185 g/mol. The molecule has 0 bridgehead atoms. The molecule has 3 nitrogen and oxygen atoms in total. The minimum atomic E-state index is -0.352. The van der Waals surface area contributed by atoms with Gasteiger partial charge in [-0.1, -0.05) is 6.07 Å². The van der Waals surface area contributed by atoms with Crippen LogP contribution in [-0.4, -0.2) is 17.8 Å². The van der Waals surface area contributed by atoms with Crippen molar-refractivity contribution in [1.82, 2.24) is 0 Å². The summed E-state index contributed by atoms with van der Waals surface area (Å²) in [5.74, 6) is 0.0948. The SMILES string of the molecule is N[C@@H]1CC(CO)Oc2cc(F)ccc21. The standard InChI is InChI=1S/C10H12FNO2/c11-6-1-2-8-9(12)4-7(5-13)14-10(8)3-6/h1-3,7,9,13H,4-5,12H2/t7?,9-/m1/s1. The highest BCUT2D eigenvalue weighted by atomic mass is 19.1. The largest absolute Gasteiger partial charge is 0.488 e. The molecule has 0 spiro atoms. The Morgan fingerprint density at radius 2 is 2.36 bits per heavy atom. The lowest BCUT2D eigenvalue weighted by molar-refractivity contribution is 0.0884. The summed E-state index contributed by atoms with van der Waals surface area (Å²) in [6.45, 7) is -0.0936. The Morgan fingerprint density at radius 3 is 3.07 bits per heavy atom. The second-order valence-electron chi connectivity index (χ2n) is 3.45. The molecule has 3 N–H and O–H groups in total. The minimum Gasteiger partial charge on any atom is -0.488 e. The van der Waals surface area contributed by atoms with Crippen LogP contribution in [0.25, 0.3) is 0 Å². The third kappa shape index (κ3) is 1.58. The third-order valence-electron chi connectivity index (χ3n) is 2.39. The zero-order chi connectivity index (χ0) is 10.1. The molecule has 1 unspecified atom stereocenters. The maximum absolute atomic E-state index is 12.9. The van der Waals surface area contributed by atoms with Gasteiger partial charge in [0.2, 0.25) is 0 Å². The molecule has 2 rings (SSSR count). The average Bonchev–Trinajstić information content (AvgIpc) is 2.16. The molecule has 1 heterocycles. The fourth-order valence-electron chi connectivity index (χ4n) is 1.67. The zero-order valence-electron chi connectivity index (χ0n) is 7.61. The number of ether oxygens (including phenoxy) is 1. The van der Waals surface area contributed by atoms with E-state index in [1.807, 2.05) is 0 Å². The lowest BCUT2D eigenvalue weighted by atomic mass is 9.97. The van der Waals surface area contributed by atoms with Gasteiger partial charge in [-0.2, -0.15) is 0 Å². The van der Waals surface area contributed by atoms with Gasteiger partial charge >= 0.3 is 0 Å². The van der Waals surface area contributed by atoms with E-state index in [-0.39, 0.29) is 24.6 Å². The number of nitrogens with two attached hydrogens (primary N) is 1. The Balaban J connectivity index is 2.35. The number of halogens is 1. The molecule has 1 aliphatic heterocycles. The third-order valence-corrected chi connectivity index (χ3v) is 2.39. The predicted molar refractivity (Wildman–Crippen MR) is 49.4 cm³/mol. The van der Waals surface area contributed by atoms with Crippen LogP contribution in [0.1, 0.15) is 18.0 Å². The maximum Gasteiger partial charge on any atom is 0.127 e. The van der Waals surface area contributed by atoms with Crippen molar-refractivity contribution in [3.63, 3.8) is 0 Å². The van der Waals surface area contributed by atoms with E-state index in [1.165, 1.54) is 12.1 Å². The Morgan fingerprint density at radius 1 is 1.57 bits per heavy atom. The second kappa shape index (κ2) is 3.55. The lowest BCUT2D eigenvalue weighted by Crippen LogP contribution is -2.32. The van der Waals surface area contributed by atoms with E-state index in [9.17, 15) is 4.39 Å². The van der Waals surface area contributed by atoms with Crippen molar-refractivity contribution in [2.45, 2.75) is 18.6 Å². The smallest absolute Gasteiger partial charge is 0.127 e. The van der Waals surface area contributed by atoms with Crippen LogP contribution in [0.3, 0.4) is 0 Å². The van der Waals surface area contributed by atoms with Gasteiger partial charge < -0.3 is 15.6 Å². The van der Waals surface area contributed by atoms with Crippen molar-refractivity contribution in [2.24, 2.45) is 5.73 Å². The van der Waals surface area contributed by atoms with E-state index in [4.69, 9.17) is 15.6 Å². The molecule has 0 amide bonds. The first-order valence-electron chi connectivity index (χ1n) is 4.53. The van der Waals surface area contributed by atoms with E-state index in [0.29, 0.717) is 12.2 Å². The average molecular weight is 197 g/mol. The van der Waals surface area contributed by atoms with Crippen molar-refractivity contribution >= 4 is 0 Å². The van der Waals surface area contributed by atoms with Crippen LogP contribution in [0.2, 0.25) is 0 Å². The Labute approximate surface area is 81.3 Å². The molecule has 76 valence electrons. The lowest BCUT2D eigenvalue weighted by Gasteiger charge is -2.29. The monoisotopic (exact) mass is 197 g/mol. The molecule has 0 aromatic heterocycles. The van der Waals surface area contributed by atoms with Gasteiger partial charge in [0.05, 0.1) is 6.61 Å². The van der Waals surface area contributed by atoms with E-state index in [2.05, 4.69) is 0 Å². The first-order chi connectivity index (χ1) is 6.70. The molecule has 0 saturated heterocycles. The summed E-state index contributed by atoms with van der Waals surface area (Å²) in [6.07, 6.45) is 0.245. The van der Waals surface area contributed by atoms with Gasteiger partial charge in [-0.3, -0.25) is 0 Å². The number of aliphatic hydroxyl groups excluding tert-OH is 1. The highest BCUT2D eigenvalue weighted by Gasteiger charge is 2.25. The second-order valence-corrected chi connectivity index (χ2v) is 3.45. The molecule has 1 aliphatic rings. The molecular formula is C10H12FNO2. The Kier molecular flexibility index (Phi) is 2.39. The fourth-order valence-corrected chi connectivity index (χ4v) is 1.67. The molecule has 2 atom stereocenters. The number of benzene rings is 1. The van der Waals surface area contributed by atoms with E-state index >= 15 is 0 Å². The van der Waals surface area contributed by atoms with Gasteiger partial charge in [0, 0.05) is 24.1 Å². The van der Waals surface area contributed by atoms with Crippen LogP contribution in [0.4, 0.5) is 4.39 Å². The first kappa shape index (κ1) is 9.43. The number of hydrogen-bond acceptors (Lipinski definition) is 3. The number of hydrogen-bond donors (Lipinski definition) is 2. The first-order valence-corrected chi connectivity index (χ1v) is 4.53. The van der Waals surface area contributed by atoms with Gasteiger partial charge in [0.1, 0.15) is 17.7 Å².